The van der Waals surface area contributed by atoms with E-state index in [1.54, 1.807) is 0 Å². The van der Waals surface area contributed by atoms with Crippen LogP contribution in [0.2, 0.25) is 5.02 Å². The third kappa shape index (κ3) is 12.9. The van der Waals surface area contributed by atoms with Gasteiger partial charge >= 0.3 is 0 Å². The standard InChI is InChI=1S/C51H33N3O.C39H24ClN3O.2CH4/c1-4-15-34(16-5-1)37-21-12-22-38(31-37)39-23-13-24-40(32-39)41-25-14-26-42(33-41)43-29-30-45(47-44-27-10-11-28-46(44)55-48(43)47)51-53-49(35-17-6-2-7-18-35)52-50(54-51)36-19-8-3-9-20-36;40-30-18-10-16-28(24-30)27-15-9-17-29(23-27)31-21-22-33(35-32-19-7-8-20-34(32)44-36(31)35)39-42-37(25-11-3-1-4-12-25)41-38(43-39)26-13-5-2-6-14-26;;/h1-33H;1-24H;2*1H4. The number of halogens is 1. The number of rotatable bonds is 12. The van der Waals surface area contributed by atoms with Crippen molar-refractivity contribution in [2.45, 2.75) is 14.9 Å². The van der Waals surface area contributed by atoms with Gasteiger partial charge in [-0.15, -0.1) is 0 Å². The maximum atomic E-state index is 6.73. The van der Waals surface area contributed by atoms with E-state index in [4.69, 9.17) is 50.3 Å². The van der Waals surface area contributed by atoms with Crippen molar-refractivity contribution in [3.63, 3.8) is 0 Å². The zero-order valence-corrected chi connectivity index (χ0v) is 54.0. The number of fused-ring (bicyclic) bond motifs is 6. The van der Waals surface area contributed by atoms with Gasteiger partial charge < -0.3 is 8.83 Å². The van der Waals surface area contributed by atoms with Crippen molar-refractivity contribution in [2.24, 2.45) is 0 Å². The van der Waals surface area contributed by atoms with Gasteiger partial charge in [0, 0.05) is 71.1 Å². The first-order valence-electron chi connectivity index (χ1n) is 32.8. The Morgan fingerprint density at radius 2 is 0.446 bits per heavy atom. The average Bonchev–Trinajstić information content (AvgIpc) is 1.62. The normalized spacial score (nSPS) is 11.1. The summed E-state index contributed by atoms with van der Waals surface area (Å²) in [4.78, 5) is 30.0. The van der Waals surface area contributed by atoms with Gasteiger partial charge in [-0.05, 0) is 128 Å². The van der Waals surface area contributed by atoms with E-state index in [-0.39, 0.29) is 14.9 Å². The fraction of sp³-hybridized carbons (Fsp3) is 0.0217. The molecule has 0 bridgehead atoms. The highest BCUT2D eigenvalue weighted by Gasteiger charge is 2.24. The Morgan fingerprint density at radius 3 is 0.792 bits per heavy atom. The molecule has 0 aliphatic rings. The predicted octanol–water partition coefficient (Wildman–Crippen LogP) is 25.5. The van der Waals surface area contributed by atoms with Crippen molar-refractivity contribution in [1.29, 1.82) is 0 Å². The van der Waals surface area contributed by atoms with E-state index in [1.807, 2.05) is 170 Å². The molecule has 4 aromatic heterocycles. The number of benzene rings is 14. The number of hydrogen-bond donors (Lipinski definition) is 0. The summed E-state index contributed by atoms with van der Waals surface area (Å²) in [7, 11) is 0. The van der Waals surface area contributed by atoms with Crippen LogP contribution in [0.4, 0.5) is 0 Å². The first kappa shape index (κ1) is 64.0. The molecule has 0 aliphatic carbocycles. The highest BCUT2D eigenvalue weighted by molar-refractivity contribution is 6.31. The smallest absolute Gasteiger partial charge is 0.164 e. The minimum atomic E-state index is 0. The maximum absolute atomic E-state index is 6.73. The summed E-state index contributed by atoms with van der Waals surface area (Å²) < 4.78 is 13.3. The Kier molecular flexibility index (Phi) is 17.9. The monoisotopic (exact) mass is 1320 g/mol. The molecule has 0 unspecified atom stereocenters. The Labute approximate surface area is 591 Å². The van der Waals surface area contributed by atoms with Crippen LogP contribution in [0.3, 0.4) is 0 Å². The average molecular weight is 1320 g/mol. The fourth-order valence-electron chi connectivity index (χ4n) is 13.1. The van der Waals surface area contributed by atoms with Crippen LogP contribution >= 0.6 is 11.6 Å². The van der Waals surface area contributed by atoms with Gasteiger partial charge in [0.2, 0.25) is 0 Å². The number of furan rings is 2. The molecule has 0 fully saturated rings. The minimum absolute atomic E-state index is 0. The van der Waals surface area contributed by atoms with Gasteiger partial charge in [0.05, 0.1) is 0 Å². The third-order valence-electron chi connectivity index (χ3n) is 17.9. The maximum Gasteiger partial charge on any atom is 0.164 e. The second-order valence-electron chi connectivity index (χ2n) is 24.2. The summed E-state index contributed by atoms with van der Waals surface area (Å²) in [5.41, 5.74) is 22.0. The molecule has 9 heteroatoms. The number of hydrogen-bond acceptors (Lipinski definition) is 8. The fourth-order valence-corrected chi connectivity index (χ4v) is 13.3. The van der Waals surface area contributed by atoms with Crippen molar-refractivity contribution >= 4 is 55.5 Å². The molecule has 0 aliphatic heterocycles. The Bertz CT molecular complexity index is 5890. The highest BCUT2D eigenvalue weighted by Crippen LogP contribution is 2.45. The molecule has 0 saturated heterocycles. The van der Waals surface area contributed by atoms with E-state index in [9.17, 15) is 0 Å². The van der Waals surface area contributed by atoms with Crippen molar-refractivity contribution in [3.8, 4) is 135 Å². The predicted molar refractivity (Wildman–Crippen MR) is 418 cm³/mol. The summed E-state index contributed by atoms with van der Waals surface area (Å²) in [5, 5.41) is 4.67. The molecule has 4 heterocycles. The third-order valence-corrected chi connectivity index (χ3v) is 18.2. The Hall–Kier alpha value is -13.0. The minimum Gasteiger partial charge on any atom is -0.455 e. The number of nitrogens with zero attached hydrogens (tertiary/aromatic N) is 6. The van der Waals surface area contributed by atoms with Crippen LogP contribution in [0, 0.1) is 0 Å². The molecular formula is C92H65ClN6O2. The Morgan fingerprint density at radius 1 is 0.198 bits per heavy atom. The molecule has 18 rings (SSSR count). The summed E-state index contributed by atoms with van der Waals surface area (Å²) >= 11 is 6.32. The van der Waals surface area contributed by atoms with Gasteiger partial charge in [0.25, 0.3) is 0 Å². The van der Waals surface area contributed by atoms with E-state index in [1.165, 1.54) is 22.3 Å². The van der Waals surface area contributed by atoms with Crippen molar-refractivity contribution in [2.75, 3.05) is 0 Å². The zero-order valence-electron chi connectivity index (χ0n) is 53.3. The molecule has 0 atom stereocenters. The summed E-state index contributed by atoms with van der Waals surface area (Å²) in [6.45, 7) is 0. The topological polar surface area (TPSA) is 104 Å². The van der Waals surface area contributed by atoms with E-state index in [0.29, 0.717) is 40.0 Å². The van der Waals surface area contributed by atoms with Gasteiger partial charge in [-0.1, -0.05) is 299 Å². The molecule has 0 spiro atoms. The summed E-state index contributed by atoms with van der Waals surface area (Å²) in [6.07, 6.45) is 0. The van der Waals surface area contributed by atoms with Crippen LogP contribution in [0.1, 0.15) is 14.9 Å². The van der Waals surface area contributed by atoms with Crippen LogP contribution < -0.4 is 0 Å². The lowest BCUT2D eigenvalue weighted by Gasteiger charge is -2.12. The van der Waals surface area contributed by atoms with E-state index >= 15 is 0 Å². The van der Waals surface area contributed by atoms with Crippen molar-refractivity contribution in [3.05, 3.63) is 351 Å². The van der Waals surface area contributed by atoms with Crippen LogP contribution in [0.25, 0.3) is 179 Å². The van der Waals surface area contributed by atoms with Crippen LogP contribution in [-0.2, 0) is 0 Å². The lowest BCUT2D eigenvalue weighted by Crippen LogP contribution is -2.00. The second-order valence-corrected chi connectivity index (χ2v) is 24.6. The quantitative estimate of drug-likeness (QED) is 0.119. The molecule has 0 amide bonds. The molecule has 0 radical (unpaired) electrons. The Balaban J connectivity index is 0.000000164. The molecule has 14 aromatic carbocycles. The number of aromatic nitrogens is 6. The van der Waals surface area contributed by atoms with Gasteiger partial charge in [0.1, 0.15) is 22.3 Å². The lowest BCUT2D eigenvalue weighted by atomic mass is 9.93. The van der Waals surface area contributed by atoms with Gasteiger partial charge in [0.15, 0.2) is 34.9 Å². The van der Waals surface area contributed by atoms with Crippen molar-refractivity contribution < 1.29 is 8.83 Å². The lowest BCUT2D eigenvalue weighted by molar-refractivity contribution is 0.669. The van der Waals surface area contributed by atoms with Crippen molar-refractivity contribution in [1.82, 2.24) is 29.9 Å². The summed E-state index contributed by atoms with van der Waals surface area (Å²) in [5.74, 6) is 3.67. The molecule has 101 heavy (non-hydrogen) atoms. The largest absolute Gasteiger partial charge is 0.455 e. The van der Waals surface area contributed by atoms with Gasteiger partial charge in [-0.2, -0.15) is 0 Å². The first-order chi connectivity index (χ1) is 49.0. The van der Waals surface area contributed by atoms with E-state index in [2.05, 4.69) is 176 Å². The van der Waals surface area contributed by atoms with Gasteiger partial charge in [-0.25, -0.2) is 29.9 Å². The van der Waals surface area contributed by atoms with Crippen LogP contribution in [0.15, 0.2) is 355 Å². The van der Waals surface area contributed by atoms with E-state index < -0.39 is 0 Å². The number of para-hydroxylation sites is 2. The molecule has 8 nitrogen and oxygen atoms in total. The van der Waals surface area contributed by atoms with Gasteiger partial charge in [-0.3, -0.25) is 0 Å². The van der Waals surface area contributed by atoms with E-state index in [0.717, 1.165) is 122 Å². The highest BCUT2D eigenvalue weighted by atomic mass is 35.5. The van der Waals surface area contributed by atoms with Crippen LogP contribution in [0.5, 0.6) is 0 Å². The van der Waals surface area contributed by atoms with Crippen LogP contribution in [-0.4, -0.2) is 29.9 Å². The molecule has 18 aromatic rings. The first-order valence-corrected chi connectivity index (χ1v) is 33.2. The molecule has 482 valence electrons. The zero-order chi connectivity index (χ0) is 66.0. The molecular weight excluding hydrogens is 1260 g/mol. The summed E-state index contributed by atoms with van der Waals surface area (Å²) in [6, 6.07) is 118. The molecule has 0 N–H and O–H groups in total. The second kappa shape index (κ2) is 28.2. The SMILES string of the molecule is C.C.Clc1cccc(-c2cccc(-c3ccc(-c4nc(-c5ccccc5)nc(-c5ccccc5)n4)c4c3oc3ccccc34)c2)c1.c1ccc(-c2cccc(-c3cccc(-c4cccc(-c5ccc(-c6nc(-c7ccccc7)nc(-c7ccccc7)n6)c6c5oc5ccccc56)c4)c3)c2)cc1. The molecule has 0 saturated carbocycles.